The molecule has 0 saturated carbocycles. The van der Waals surface area contributed by atoms with E-state index >= 15 is 0 Å². The van der Waals surface area contributed by atoms with Crippen LogP contribution in [0.3, 0.4) is 0 Å². The molecule has 0 radical (unpaired) electrons. The third-order valence-electron chi connectivity index (χ3n) is 2.89. The number of likely N-dealkylation sites (N-methyl/N-ethyl adjacent to an activating group) is 1. The van der Waals surface area contributed by atoms with Gasteiger partial charge in [-0.2, -0.15) is 0 Å². The van der Waals surface area contributed by atoms with Crippen LogP contribution in [-0.2, 0) is 4.79 Å². The van der Waals surface area contributed by atoms with Crippen molar-refractivity contribution >= 4 is 30.7 Å². The van der Waals surface area contributed by atoms with Crippen molar-refractivity contribution in [2.75, 3.05) is 33.7 Å². The number of nitrogens with zero attached hydrogens (tertiary/aromatic N) is 1. The molecule has 17 heavy (non-hydrogen) atoms. The van der Waals surface area contributed by atoms with Gasteiger partial charge in [-0.05, 0) is 20.0 Å². The number of hydrogen-bond donors (Lipinski definition) is 2. The molecule has 1 unspecified atom stereocenters. The van der Waals surface area contributed by atoms with Crippen LogP contribution < -0.4 is 10.6 Å². The summed E-state index contributed by atoms with van der Waals surface area (Å²) in [4.78, 5) is 13.9. The lowest BCUT2D eigenvalue weighted by Gasteiger charge is -2.30. The number of amides is 1. The monoisotopic (exact) mass is 285 g/mol. The molecule has 2 N–H and O–H groups in total. The Balaban J connectivity index is 0. The van der Waals surface area contributed by atoms with Crippen LogP contribution in [0, 0.1) is 11.8 Å². The van der Waals surface area contributed by atoms with Gasteiger partial charge in [-0.3, -0.25) is 9.69 Å². The van der Waals surface area contributed by atoms with Gasteiger partial charge >= 0.3 is 0 Å². The largest absolute Gasteiger partial charge is 0.354 e. The predicted molar refractivity (Wildman–Crippen MR) is 76.2 cm³/mol. The second kappa shape index (κ2) is 8.97. The van der Waals surface area contributed by atoms with Crippen molar-refractivity contribution in [1.29, 1.82) is 0 Å². The van der Waals surface area contributed by atoms with Gasteiger partial charge in [0.25, 0.3) is 0 Å². The minimum atomic E-state index is -0.0157. The van der Waals surface area contributed by atoms with Crippen molar-refractivity contribution in [1.82, 2.24) is 15.5 Å². The van der Waals surface area contributed by atoms with Crippen LogP contribution in [0.2, 0.25) is 0 Å². The maximum atomic E-state index is 11.9. The lowest BCUT2D eigenvalue weighted by atomic mass is 10.0. The average Bonchev–Trinajstić information content (AvgIpc) is 1.99. The van der Waals surface area contributed by atoms with E-state index in [1.165, 1.54) is 0 Å². The van der Waals surface area contributed by atoms with Crippen molar-refractivity contribution in [3.05, 3.63) is 0 Å². The molecule has 1 heterocycles. The molecule has 6 heteroatoms. The molecule has 0 aliphatic carbocycles. The molecule has 1 atom stereocenters. The van der Waals surface area contributed by atoms with Crippen LogP contribution in [0.1, 0.15) is 13.8 Å². The first-order chi connectivity index (χ1) is 7.02. The van der Waals surface area contributed by atoms with E-state index in [4.69, 9.17) is 0 Å². The Kier molecular flexibility index (Phi) is 10.2. The number of halogens is 2. The number of carbonyl (C=O) groups is 1. The molecule has 1 aliphatic rings. The van der Waals surface area contributed by atoms with E-state index in [2.05, 4.69) is 24.5 Å². The molecule has 0 aromatic carbocycles. The summed E-state index contributed by atoms with van der Waals surface area (Å²) in [5, 5.41) is 6.22. The summed E-state index contributed by atoms with van der Waals surface area (Å²) in [7, 11) is 3.91. The fraction of sp³-hybridized carbons (Fsp3) is 0.909. The van der Waals surface area contributed by atoms with Gasteiger partial charge in [0.05, 0.1) is 6.04 Å². The first-order valence-electron chi connectivity index (χ1n) is 5.67. The molecule has 0 spiro atoms. The van der Waals surface area contributed by atoms with E-state index < -0.39 is 0 Å². The Hall–Kier alpha value is -0.0300. The zero-order valence-electron chi connectivity index (χ0n) is 11.0. The number of hydrogen-bond acceptors (Lipinski definition) is 3. The normalized spacial score (nSPS) is 16.8. The molecule has 0 aromatic heterocycles. The molecule has 1 aliphatic heterocycles. The maximum Gasteiger partial charge on any atom is 0.237 e. The average molecular weight is 286 g/mol. The Bertz CT molecular complexity index is 213. The van der Waals surface area contributed by atoms with E-state index in [0.29, 0.717) is 11.8 Å². The molecule has 4 nitrogen and oxygen atoms in total. The molecule has 1 rings (SSSR count). The first kappa shape index (κ1) is 19.3. The van der Waals surface area contributed by atoms with E-state index in [1.54, 1.807) is 0 Å². The van der Waals surface area contributed by atoms with Crippen molar-refractivity contribution < 1.29 is 4.79 Å². The Morgan fingerprint density at radius 3 is 2.18 bits per heavy atom. The number of rotatable bonds is 5. The maximum absolute atomic E-state index is 11.9. The van der Waals surface area contributed by atoms with Crippen LogP contribution in [-0.4, -0.2) is 50.6 Å². The lowest BCUT2D eigenvalue weighted by molar-refractivity contribution is -0.127. The van der Waals surface area contributed by atoms with Gasteiger partial charge in [0.2, 0.25) is 5.91 Å². The van der Waals surface area contributed by atoms with Gasteiger partial charge in [0.1, 0.15) is 0 Å². The summed E-state index contributed by atoms with van der Waals surface area (Å²) in [5.74, 6) is 1.13. The highest BCUT2D eigenvalue weighted by atomic mass is 35.5. The fourth-order valence-corrected chi connectivity index (χ4v) is 1.98. The third-order valence-corrected chi connectivity index (χ3v) is 2.89. The zero-order chi connectivity index (χ0) is 11.4. The summed E-state index contributed by atoms with van der Waals surface area (Å²) in [6.45, 7) is 7.04. The van der Waals surface area contributed by atoms with Crippen molar-refractivity contribution in [2.45, 2.75) is 19.9 Å². The topological polar surface area (TPSA) is 44.4 Å². The highest BCUT2D eigenvalue weighted by Crippen LogP contribution is 2.08. The molecule has 0 aromatic rings. The van der Waals surface area contributed by atoms with Crippen molar-refractivity contribution in [3.63, 3.8) is 0 Å². The van der Waals surface area contributed by atoms with Gasteiger partial charge in [-0.15, -0.1) is 24.8 Å². The lowest BCUT2D eigenvalue weighted by Crippen LogP contribution is -2.52. The predicted octanol–water partition coefficient (Wildman–Crippen LogP) is 0.752. The minimum Gasteiger partial charge on any atom is -0.354 e. The molecular weight excluding hydrogens is 261 g/mol. The van der Waals surface area contributed by atoms with Crippen LogP contribution in [0.15, 0.2) is 0 Å². The van der Waals surface area contributed by atoms with Crippen LogP contribution in [0.5, 0.6) is 0 Å². The van der Waals surface area contributed by atoms with Gasteiger partial charge in [0.15, 0.2) is 0 Å². The molecule has 1 saturated heterocycles. The van der Waals surface area contributed by atoms with Crippen molar-refractivity contribution in [2.24, 2.45) is 11.8 Å². The van der Waals surface area contributed by atoms with E-state index in [-0.39, 0.29) is 36.8 Å². The fourth-order valence-electron chi connectivity index (χ4n) is 1.98. The molecule has 1 fully saturated rings. The standard InChI is InChI=1S/C11H23N3O.2ClH/c1-8(2)10(14(3)4)11(15)13-7-9-5-12-6-9;;/h8-10,12H,5-7H2,1-4H3,(H,13,15);2*1H. The second-order valence-corrected chi connectivity index (χ2v) is 4.92. The summed E-state index contributed by atoms with van der Waals surface area (Å²) < 4.78 is 0. The Morgan fingerprint density at radius 2 is 1.88 bits per heavy atom. The summed E-state index contributed by atoms with van der Waals surface area (Å²) >= 11 is 0. The minimum absolute atomic E-state index is 0. The van der Waals surface area contributed by atoms with E-state index in [9.17, 15) is 4.79 Å². The quantitative estimate of drug-likeness (QED) is 0.784. The smallest absolute Gasteiger partial charge is 0.237 e. The first-order valence-corrected chi connectivity index (χ1v) is 5.67. The van der Waals surface area contributed by atoms with Crippen LogP contribution in [0.4, 0.5) is 0 Å². The summed E-state index contributed by atoms with van der Waals surface area (Å²) in [5.41, 5.74) is 0. The molecule has 0 bridgehead atoms. The number of nitrogens with one attached hydrogen (secondary N) is 2. The zero-order valence-corrected chi connectivity index (χ0v) is 12.7. The molecule has 104 valence electrons. The van der Waals surface area contributed by atoms with Gasteiger partial charge in [-0.1, -0.05) is 13.8 Å². The van der Waals surface area contributed by atoms with Gasteiger partial charge in [-0.25, -0.2) is 0 Å². The third kappa shape index (κ3) is 5.91. The van der Waals surface area contributed by atoms with E-state index in [1.807, 2.05) is 19.0 Å². The highest BCUT2D eigenvalue weighted by molar-refractivity contribution is 5.85. The molecule has 1 amide bonds. The number of carbonyl (C=O) groups excluding carboxylic acids is 1. The van der Waals surface area contributed by atoms with Crippen LogP contribution in [0.25, 0.3) is 0 Å². The van der Waals surface area contributed by atoms with Gasteiger partial charge in [0, 0.05) is 25.6 Å². The SMILES string of the molecule is CC(C)C(C(=O)NCC1CNC1)N(C)C.Cl.Cl. The van der Waals surface area contributed by atoms with Gasteiger partial charge < -0.3 is 10.6 Å². The van der Waals surface area contributed by atoms with Crippen LogP contribution >= 0.6 is 24.8 Å². The summed E-state index contributed by atoms with van der Waals surface area (Å²) in [6, 6.07) is -0.0157. The Morgan fingerprint density at radius 1 is 1.35 bits per heavy atom. The van der Waals surface area contributed by atoms with Crippen molar-refractivity contribution in [3.8, 4) is 0 Å². The van der Waals surface area contributed by atoms with E-state index in [0.717, 1.165) is 19.6 Å². The summed E-state index contributed by atoms with van der Waals surface area (Å²) in [6.07, 6.45) is 0. The highest BCUT2D eigenvalue weighted by Gasteiger charge is 2.25. The second-order valence-electron chi connectivity index (χ2n) is 4.92. The Labute approximate surface area is 117 Å². The molecular formula is C11H25Cl2N3O.